The fourth-order valence-electron chi connectivity index (χ4n) is 3.04. The summed E-state index contributed by atoms with van der Waals surface area (Å²) in [6.07, 6.45) is 6.03. The molecule has 0 atom stereocenters. The van der Waals surface area contributed by atoms with Gasteiger partial charge in [-0.1, -0.05) is 20.8 Å². The zero-order chi connectivity index (χ0) is 12.5. The molecule has 1 aromatic heterocycles. The van der Waals surface area contributed by atoms with E-state index in [1.165, 1.54) is 31.2 Å². The van der Waals surface area contributed by atoms with Gasteiger partial charge in [-0.3, -0.25) is 0 Å². The number of rotatable bonds is 2. The van der Waals surface area contributed by atoms with E-state index in [2.05, 4.69) is 37.6 Å². The van der Waals surface area contributed by atoms with Gasteiger partial charge in [0.2, 0.25) is 0 Å². The minimum Gasteiger partial charge on any atom is -0.325 e. The van der Waals surface area contributed by atoms with Crippen LogP contribution in [0.2, 0.25) is 0 Å². The second-order valence-electron chi connectivity index (χ2n) is 6.81. The Morgan fingerprint density at radius 1 is 1.35 bits per heavy atom. The molecule has 1 aromatic rings. The summed E-state index contributed by atoms with van der Waals surface area (Å²) in [5.41, 5.74) is 8.49. The first-order valence-electron chi connectivity index (χ1n) is 6.69. The monoisotopic (exact) mass is 251 g/mol. The third kappa shape index (κ3) is 3.32. The molecule has 1 fully saturated rings. The van der Waals surface area contributed by atoms with Crippen molar-refractivity contribution >= 4 is 11.3 Å². The molecule has 2 rings (SSSR count). The molecule has 0 aliphatic heterocycles. The van der Waals surface area contributed by atoms with Crippen LogP contribution in [0.1, 0.15) is 52.0 Å². The minimum absolute atomic E-state index is 0.0584. The molecule has 0 aromatic carbocycles. The van der Waals surface area contributed by atoms with Crippen LogP contribution in [0.3, 0.4) is 0 Å². The summed E-state index contributed by atoms with van der Waals surface area (Å²) < 4.78 is 0. The van der Waals surface area contributed by atoms with Crippen molar-refractivity contribution in [2.45, 2.75) is 58.4 Å². The third-order valence-electron chi connectivity index (χ3n) is 4.34. The van der Waals surface area contributed by atoms with Crippen LogP contribution in [-0.2, 0) is 6.42 Å². The maximum absolute atomic E-state index is 6.56. The van der Waals surface area contributed by atoms with Gasteiger partial charge in [0.15, 0.2) is 0 Å². The van der Waals surface area contributed by atoms with Gasteiger partial charge in [0.05, 0.1) is 0 Å². The van der Waals surface area contributed by atoms with Crippen molar-refractivity contribution in [3.63, 3.8) is 0 Å². The van der Waals surface area contributed by atoms with E-state index in [9.17, 15) is 0 Å². The predicted octanol–water partition coefficient (Wildman–Crippen LogP) is 4.22. The first-order chi connectivity index (χ1) is 7.89. The topological polar surface area (TPSA) is 26.0 Å². The summed E-state index contributed by atoms with van der Waals surface area (Å²) >= 11 is 1.78. The summed E-state index contributed by atoms with van der Waals surface area (Å²) in [7, 11) is 0. The molecule has 17 heavy (non-hydrogen) atoms. The predicted molar refractivity (Wildman–Crippen MR) is 76.4 cm³/mol. The van der Waals surface area contributed by atoms with Crippen LogP contribution in [0.15, 0.2) is 16.8 Å². The standard InChI is InChI=1S/C15H25NS/c1-14(2,3)13-4-7-15(16,8-5-13)10-12-6-9-17-11-12/h6,9,11,13H,4-5,7-8,10,16H2,1-3H3. The van der Waals surface area contributed by atoms with E-state index in [1.807, 2.05) is 0 Å². The van der Waals surface area contributed by atoms with E-state index in [0.717, 1.165) is 12.3 Å². The molecule has 1 saturated carbocycles. The molecule has 0 radical (unpaired) electrons. The average Bonchev–Trinajstić information content (AvgIpc) is 2.68. The van der Waals surface area contributed by atoms with Crippen LogP contribution < -0.4 is 5.73 Å². The maximum Gasteiger partial charge on any atom is 0.0195 e. The molecule has 0 amide bonds. The lowest BCUT2D eigenvalue weighted by molar-refractivity contribution is 0.134. The first-order valence-corrected chi connectivity index (χ1v) is 7.63. The lowest BCUT2D eigenvalue weighted by Crippen LogP contribution is -2.46. The molecular weight excluding hydrogens is 226 g/mol. The molecule has 0 unspecified atom stereocenters. The van der Waals surface area contributed by atoms with Gasteiger partial charge in [-0.25, -0.2) is 0 Å². The van der Waals surface area contributed by atoms with Gasteiger partial charge in [0, 0.05) is 5.54 Å². The highest BCUT2D eigenvalue weighted by Gasteiger charge is 2.36. The SMILES string of the molecule is CC(C)(C)C1CCC(N)(Cc2ccsc2)CC1. The van der Waals surface area contributed by atoms with E-state index in [4.69, 9.17) is 5.73 Å². The number of nitrogens with two attached hydrogens (primary N) is 1. The van der Waals surface area contributed by atoms with Gasteiger partial charge in [-0.2, -0.15) is 11.3 Å². The molecule has 0 spiro atoms. The Kier molecular flexibility index (Phi) is 3.65. The van der Waals surface area contributed by atoms with Gasteiger partial charge in [-0.05, 0) is 65.8 Å². The molecule has 96 valence electrons. The summed E-state index contributed by atoms with van der Waals surface area (Å²) in [6.45, 7) is 7.08. The molecule has 2 N–H and O–H groups in total. The normalized spacial score (nSPS) is 30.5. The van der Waals surface area contributed by atoms with Crippen LogP contribution >= 0.6 is 11.3 Å². The largest absolute Gasteiger partial charge is 0.325 e. The van der Waals surface area contributed by atoms with E-state index in [-0.39, 0.29) is 5.54 Å². The van der Waals surface area contributed by atoms with Crippen molar-refractivity contribution in [3.05, 3.63) is 22.4 Å². The zero-order valence-corrected chi connectivity index (χ0v) is 12.1. The van der Waals surface area contributed by atoms with E-state index in [0.29, 0.717) is 5.41 Å². The molecule has 1 aliphatic rings. The van der Waals surface area contributed by atoms with Crippen LogP contribution in [0, 0.1) is 11.3 Å². The smallest absolute Gasteiger partial charge is 0.0195 e. The fourth-order valence-corrected chi connectivity index (χ4v) is 3.70. The molecule has 1 nitrogen and oxygen atoms in total. The average molecular weight is 251 g/mol. The van der Waals surface area contributed by atoms with Crippen LogP contribution in [0.5, 0.6) is 0 Å². The Morgan fingerprint density at radius 2 is 2.00 bits per heavy atom. The molecule has 1 heterocycles. The van der Waals surface area contributed by atoms with Gasteiger partial charge in [0.25, 0.3) is 0 Å². The highest BCUT2D eigenvalue weighted by molar-refractivity contribution is 7.07. The van der Waals surface area contributed by atoms with Crippen molar-refractivity contribution in [1.29, 1.82) is 0 Å². The van der Waals surface area contributed by atoms with E-state index in [1.54, 1.807) is 11.3 Å². The fraction of sp³-hybridized carbons (Fsp3) is 0.733. The zero-order valence-electron chi connectivity index (χ0n) is 11.3. The Morgan fingerprint density at radius 3 is 2.47 bits per heavy atom. The second-order valence-corrected chi connectivity index (χ2v) is 7.59. The number of hydrogen-bond donors (Lipinski definition) is 1. The van der Waals surface area contributed by atoms with E-state index < -0.39 is 0 Å². The quantitative estimate of drug-likeness (QED) is 0.836. The molecule has 1 aliphatic carbocycles. The summed E-state index contributed by atoms with van der Waals surface area (Å²) in [6, 6.07) is 2.22. The second kappa shape index (κ2) is 4.74. The molecule has 0 saturated heterocycles. The van der Waals surface area contributed by atoms with Crippen LogP contribution in [-0.4, -0.2) is 5.54 Å². The van der Waals surface area contributed by atoms with Crippen molar-refractivity contribution in [2.24, 2.45) is 17.1 Å². The van der Waals surface area contributed by atoms with Crippen molar-refractivity contribution < 1.29 is 0 Å². The van der Waals surface area contributed by atoms with Gasteiger partial charge in [0.1, 0.15) is 0 Å². The summed E-state index contributed by atoms with van der Waals surface area (Å²) in [5.74, 6) is 0.849. The van der Waals surface area contributed by atoms with Gasteiger partial charge < -0.3 is 5.73 Å². The lowest BCUT2D eigenvalue weighted by atomic mass is 9.66. The highest BCUT2D eigenvalue weighted by atomic mass is 32.1. The number of hydrogen-bond acceptors (Lipinski definition) is 2. The molecule has 2 heteroatoms. The molecule has 0 bridgehead atoms. The van der Waals surface area contributed by atoms with Crippen molar-refractivity contribution in [3.8, 4) is 0 Å². The van der Waals surface area contributed by atoms with E-state index >= 15 is 0 Å². The Hall–Kier alpha value is -0.340. The summed E-state index contributed by atoms with van der Waals surface area (Å²) in [5, 5.41) is 4.39. The first kappa shape index (κ1) is 13.1. The minimum atomic E-state index is 0.0584. The Balaban J connectivity index is 1.93. The number of thiophene rings is 1. The maximum atomic E-state index is 6.56. The Bertz CT molecular complexity index is 339. The van der Waals surface area contributed by atoms with Crippen LogP contribution in [0.25, 0.3) is 0 Å². The van der Waals surface area contributed by atoms with Crippen LogP contribution in [0.4, 0.5) is 0 Å². The molecular formula is C15H25NS. The van der Waals surface area contributed by atoms with Gasteiger partial charge >= 0.3 is 0 Å². The van der Waals surface area contributed by atoms with Crippen molar-refractivity contribution in [1.82, 2.24) is 0 Å². The van der Waals surface area contributed by atoms with Gasteiger partial charge in [-0.15, -0.1) is 0 Å². The third-order valence-corrected chi connectivity index (χ3v) is 5.07. The highest BCUT2D eigenvalue weighted by Crippen LogP contribution is 2.41. The Labute approximate surface area is 109 Å². The van der Waals surface area contributed by atoms with Crippen molar-refractivity contribution in [2.75, 3.05) is 0 Å². The lowest BCUT2D eigenvalue weighted by Gasteiger charge is -2.42. The summed E-state index contributed by atoms with van der Waals surface area (Å²) in [4.78, 5) is 0.